The van der Waals surface area contributed by atoms with Gasteiger partial charge in [0.25, 0.3) is 0 Å². The lowest BCUT2D eigenvalue weighted by Gasteiger charge is -2.25. The number of rotatable bonds is 14. The topological polar surface area (TPSA) is 235 Å². The molecule has 3 amide bonds. The van der Waals surface area contributed by atoms with E-state index < -0.39 is 54.0 Å². The van der Waals surface area contributed by atoms with Crippen LogP contribution in [0, 0.1) is 0 Å². The molecule has 11 N–H and O–H groups in total. The number of carbonyl (C=O) groups excluding carboxylic acids is 3. The molecule has 13 heteroatoms. The first-order chi connectivity index (χ1) is 16.4. The summed E-state index contributed by atoms with van der Waals surface area (Å²) in [6.07, 6.45) is -0.667. The number of benzene rings is 1. The molecular weight excluding hydrogens is 458 g/mol. The third-order valence-corrected chi connectivity index (χ3v) is 5.05. The summed E-state index contributed by atoms with van der Waals surface area (Å²) in [5, 5.41) is 26.1. The van der Waals surface area contributed by atoms with Crippen LogP contribution in [0.1, 0.15) is 32.3 Å². The summed E-state index contributed by atoms with van der Waals surface area (Å²) in [6, 6.07) is 4.11. The highest BCUT2D eigenvalue weighted by Gasteiger charge is 2.30. The molecule has 0 saturated carbocycles. The lowest BCUT2D eigenvalue weighted by atomic mass is 10.0. The number of nitrogens with one attached hydrogen (secondary N) is 3. The van der Waals surface area contributed by atoms with Crippen molar-refractivity contribution in [3.05, 3.63) is 35.9 Å². The van der Waals surface area contributed by atoms with Crippen molar-refractivity contribution in [3.63, 3.8) is 0 Å². The first-order valence-electron chi connectivity index (χ1n) is 11.1. The number of aliphatic hydroxyl groups excluding tert-OH is 1. The Morgan fingerprint density at radius 3 is 2.06 bits per heavy atom. The number of carbonyl (C=O) groups is 4. The van der Waals surface area contributed by atoms with E-state index in [0.717, 1.165) is 5.56 Å². The highest BCUT2D eigenvalue weighted by molar-refractivity contribution is 5.94. The molecule has 194 valence electrons. The van der Waals surface area contributed by atoms with Crippen LogP contribution in [0.5, 0.6) is 0 Å². The Kier molecular flexibility index (Phi) is 12.2. The maximum absolute atomic E-state index is 13.1. The number of aliphatic imine (C=N–C) groups is 1. The van der Waals surface area contributed by atoms with E-state index in [0.29, 0.717) is 6.42 Å². The second kappa shape index (κ2) is 14.5. The summed E-state index contributed by atoms with van der Waals surface area (Å²) < 4.78 is 0. The Labute approximate surface area is 203 Å². The summed E-state index contributed by atoms with van der Waals surface area (Å²) in [5.74, 6) is -3.52. The molecule has 0 saturated heterocycles. The molecule has 0 spiro atoms. The summed E-state index contributed by atoms with van der Waals surface area (Å²) in [5.41, 5.74) is 17.0. The van der Waals surface area contributed by atoms with Crippen molar-refractivity contribution >= 4 is 29.7 Å². The average Bonchev–Trinajstić information content (AvgIpc) is 2.79. The first-order valence-corrected chi connectivity index (χ1v) is 11.1. The van der Waals surface area contributed by atoms with E-state index in [1.807, 2.05) is 0 Å². The lowest BCUT2D eigenvalue weighted by molar-refractivity contribution is -0.141. The van der Waals surface area contributed by atoms with E-state index in [1.165, 1.54) is 13.8 Å². The maximum Gasteiger partial charge on any atom is 0.325 e. The fourth-order valence-corrected chi connectivity index (χ4v) is 2.97. The first kappa shape index (κ1) is 29.3. The zero-order chi connectivity index (χ0) is 26.5. The zero-order valence-corrected chi connectivity index (χ0v) is 19.8. The van der Waals surface area contributed by atoms with Gasteiger partial charge in [-0.1, -0.05) is 30.3 Å². The standard InChI is InChI=1S/C22H35N7O6/c1-12(21(34)35)27-19(32)16(11-14-7-4-3-5-8-14)29-18(31)15(9-6-10-26-22(24)25)28-20(33)17(23)13(2)30/h3-5,7-8,12-13,15-17,30H,6,9-11,23H2,1-2H3,(H,27,32)(H,28,33)(H,29,31)(H,34,35)(H4,24,25,26). The van der Waals surface area contributed by atoms with E-state index in [-0.39, 0.29) is 25.3 Å². The molecule has 0 bridgehead atoms. The predicted molar refractivity (Wildman–Crippen MR) is 129 cm³/mol. The van der Waals surface area contributed by atoms with Crippen LogP contribution >= 0.6 is 0 Å². The van der Waals surface area contributed by atoms with E-state index >= 15 is 0 Å². The molecule has 0 radical (unpaired) electrons. The van der Waals surface area contributed by atoms with Crippen molar-refractivity contribution in [3.8, 4) is 0 Å². The quantitative estimate of drug-likeness (QED) is 0.0778. The minimum atomic E-state index is -1.28. The van der Waals surface area contributed by atoms with Crippen molar-refractivity contribution in [2.24, 2.45) is 22.2 Å². The van der Waals surface area contributed by atoms with Gasteiger partial charge < -0.3 is 43.4 Å². The lowest BCUT2D eigenvalue weighted by Crippen LogP contribution is -2.58. The Morgan fingerprint density at radius 2 is 1.51 bits per heavy atom. The van der Waals surface area contributed by atoms with Crippen molar-refractivity contribution in [2.45, 2.75) is 63.4 Å². The van der Waals surface area contributed by atoms with Gasteiger partial charge in [-0.05, 0) is 32.3 Å². The molecule has 0 aliphatic carbocycles. The van der Waals surface area contributed by atoms with E-state index in [9.17, 15) is 24.3 Å². The zero-order valence-electron chi connectivity index (χ0n) is 19.8. The third kappa shape index (κ3) is 10.8. The Bertz CT molecular complexity index is 890. The summed E-state index contributed by atoms with van der Waals surface area (Å²) >= 11 is 0. The summed E-state index contributed by atoms with van der Waals surface area (Å²) in [6.45, 7) is 2.82. The monoisotopic (exact) mass is 493 g/mol. The van der Waals surface area contributed by atoms with Crippen molar-refractivity contribution in [1.29, 1.82) is 0 Å². The summed E-state index contributed by atoms with van der Waals surface area (Å²) in [7, 11) is 0. The minimum Gasteiger partial charge on any atom is -0.480 e. The van der Waals surface area contributed by atoms with Crippen LogP contribution in [0.4, 0.5) is 0 Å². The highest BCUT2D eigenvalue weighted by Crippen LogP contribution is 2.07. The molecule has 5 atom stereocenters. The molecule has 1 aromatic carbocycles. The molecule has 0 aliphatic rings. The predicted octanol–water partition coefficient (Wildman–Crippen LogP) is -2.45. The van der Waals surface area contributed by atoms with Crippen LogP contribution in [0.2, 0.25) is 0 Å². The van der Waals surface area contributed by atoms with Crippen LogP contribution < -0.4 is 33.2 Å². The molecule has 35 heavy (non-hydrogen) atoms. The van der Waals surface area contributed by atoms with Crippen molar-refractivity contribution in [1.82, 2.24) is 16.0 Å². The van der Waals surface area contributed by atoms with Gasteiger partial charge in [0.2, 0.25) is 17.7 Å². The van der Waals surface area contributed by atoms with Gasteiger partial charge in [-0.15, -0.1) is 0 Å². The summed E-state index contributed by atoms with van der Waals surface area (Å²) in [4.78, 5) is 53.3. The number of amides is 3. The SMILES string of the molecule is CC(NC(=O)C(Cc1ccccc1)NC(=O)C(CCCN=C(N)N)NC(=O)C(N)C(C)O)C(=O)O. The van der Waals surface area contributed by atoms with Gasteiger partial charge in [0, 0.05) is 13.0 Å². The van der Waals surface area contributed by atoms with Gasteiger partial charge in [0.15, 0.2) is 5.96 Å². The Hall–Kier alpha value is -3.71. The smallest absolute Gasteiger partial charge is 0.325 e. The number of hydrogen-bond acceptors (Lipinski definition) is 7. The van der Waals surface area contributed by atoms with Crippen LogP contribution in [0.25, 0.3) is 0 Å². The van der Waals surface area contributed by atoms with Crippen molar-refractivity contribution in [2.75, 3.05) is 6.54 Å². The Morgan fingerprint density at radius 1 is 0.943 bits per heavy atom. The molecule has 0 heterocycles. The van der Waals surface area contributed by atoms with Gasteiger partial charge in [0.1, 0.15) is 24.2 Å². The number of carboxylic acids is 1. The molecule has 1 aromatic rings. The molecule has 13 nitrogen and oxygen atoms in total. The fourth-order valence-electron chi connectivity index (χ4n) is 2.97. The van der Waals surface area contributed by atoms with E-state index in [2.05, 4.69) is 20.9 Å². The number of aliphatic carboxylic acids is 1. The van der Waals surface area contributed by atoms with Gasteiger partial charge in [-0.3, -0.25) is 24.2 Å². The maximum atomic E-state index is 13.1. The largest absolute Gasteiger partial charge is 0.480 e. The van der Waals surface area contributed by atoms with Gasteiger partial charge in [-0.25, -0.2) is 0 Å². The number of aliphatic hydroxyl groups is 1. The van der Waals surface area contributed by atoms with Crippen molar-refractivity contribution < 1.29 is 29.4 Å². The highest BCUT2D eigenvalue weighted by atomic mass is 16.4. The van der Waals surface area contributed by atoms with Crippen LogP contribution in [0.3, 0.4) is 0 Å². The molecule has 0 aromatic heterocycles. The van der Waals surface area contributed by atoms with Gasteiger partial charge in [0.05, 0.1) is 6.10 Å². The van der Waals surface area contributed by atoms with Crippen LogP contribution in [-0.2, 0) is 25.6 Å². The van der Waals surface area contributed by atoms with E-state index in [1.54, 1.807) is 30.3 Å². The average molecular weight is 494 g/mol. The number of carboxylic acid groups (broad SMARTS) is 1. The molecule has 0 aliphatic heterocycles. The molecule has 0 fully saturated rings. The van der Waals surface area contributed by atoms with Crippen LogP contribution in [0.15, 0.2) is 35.3 Å². The minimum absolute atomic E-state index is 0.0760. The number of nitrogens with zero attached hydrogens (tertiary/aromatic N) is 1. The van der Waals surface area contributed by atoms with Gasteiger partial charge >= 0.3 is 5.97 Å². The molecule has 1 rings (SSSR count). The number of guanidine groups is 1. The number of hydrogen-bond donors (Lipinski definition) is 8. The molecule has 5 unspecified atom stereocenters. The second-order valence-corrected chi connectivity index (χ2v) is 8.10. The normalized spacial score (nSPS) is 15.0. The van der Waals surface area contributed by atoms with Crippen LogP contribution in [-0.4, -0.2) is 76.7 Å². The number of nitrogens with two attached hydrogens (primary N) is 3. The fraction of sp³-hybridized carbons (Fsp3) is 0.500. The van der Waals surface area contributed by atoms with Gasteiger partial charge in [-0.2, -0.15) is 0 Å². The Balaban J connectivity index is 3.07. The third-order valence-electron chi connectivity index (χ3n) is 5.05. The van der Waals surface area contributed by atoms with E-state index in [4.69, 9.17) is 22.3 Å². The second-order valence-electron chi connectivity index (χ2n) is 8.10. The molecular formula is C22H35N7O6.